The van der Waals surface area contributed by atoms with Crippen LogP contribution in [-0.2, 0) is 6.18 Å². The third-order valence-corrected chi connectivity index (χ3v) is 2.77. The number of aromatic nitrogens is 1. The van der Waals surface area contributed by atoms with Crippen molar-refractivity contribution < 1.29 is 18.3 Å². The van der Waals surface area contributed by atoms with E-state index < -0.39 is 11.7 Å². The highest BCUT2D eigenvalue weighted by Gasteiger charge is 2.34. The van der Waals surface area contributed by atoms with E-state index in [1.807, 2.05) is 0 Å². The lowest BCUT2D eigenvalue weighted by molar-refractivity contribution is -0.137. The van der Waals surface area contributed by atoms with E-state index in [1.165, 1.54) is 6.20 Å². The summed E-state index contributed by atoms with van der Waals surface area (Å²) in [5, 5.41) is 11.4. The Labute approximate surface area is 112 Å². The molecule has 1 heterocycles. The molecule has 1 aromatic rings. The molecule has 2 N–H and O–H groups in total. The minimum absolute atomic E-state index is 0.0198. The van der Waals surface area contributed by atoms with E-state index in [9.17, 15) is 13.2 Å². The number of anilines is 1. The van der Waals surface area contributed by atoms with E-state index in [0.29, 0.717) is 12.8 Å². The lowest BCUT2D eigenvalue weighted by Gasteiger charge is -2.18. The summed E-state index contributed by atoms with van der Waals surface area (Å²) in [5.41, 5.74) is -0.798. The largest absolute Gasteiger partial charge is 0.419 e. The summed E-state index contributed by atoms with van der Waals surface area (Å²) in [6.45, 7) is 1.77. The van der Waals surface area contributed by atoms with Crippen LogP contribution in [0.4, 0.5) is 19.0 Å². The molecule has 0 radical (unpaired) electrons. The molecule has 1 unspecified atom stereocenters. The van der Waals surface area contributed by atoms with E-state index in [4.69, 9.17) is 5.11 Å². The van der Waals surface area contributed by atoms with Gasteiger partial charge in [-0.2, -0.15) is 13.2 Å². The number of hydrogen-bond acceptors (Lipinski definition) is 3. The van der Waals surface area contributed by atoms with Crippen LogP contribution in [0.1, 0.15) is 25.3 Å². The van der Waals surface area contributed by atoms with Crippen LogP contribution in [-0.4, -0.2) is 22.7 Å². The first-order valence-electron chi connectivity index (χ1n) is 5.44. The Bertz CT molecular complexity index is 398. The van der Waals surface area contributed by atoms with Crippen LogP contribution in [0.3, 0.4) is 0 Å². The van der Waals surface area contributed by atoms with Crippen LogP contribution in [0.5, 0.6) is 0 Å². The number of aliphatic hydroxyl groups is 1. The van der Waals surface area contributed by atoms with Gasteiger partial charge in [-0.3, -0.25) is 0 Å². The summed E-state index contributed by atoms with van der Waals surface area (Å²) in [6.07, 6.45) is -2.02. The monoisotopic (exact) mass is 326 g/mol. The quantitative estimate of drug-likeness (QED) is 0.871. The summed E-state index contributed by atoms with van der Waals surface area (Å²) in [5.74, 6) is -0.184. The number of alkyl halides is 3. The molecule has 0 aromatic carbocycles. The molecule has 1 atom stereocenters. The average molecular weight is 327 g/mol. The lowest BCUT2D eigenvalue weighted by Crippen LogP contribution is -2.20. The third kappa shape index (κ3) is 4.45. The lowest BCUT2D eigenvalue weighted by atomic mass is 10.1. The van der Waals surface area contributed by atoms with E-state index in [-0.39, 0.29) is 22.9 Å². The topological polar surface area (TPSA) is 45.1 Å². The van der Waals surface area contributed by atoms with Gasteiger partial charge in [0.05, 0.1) is 5.56 Å². The number of nitrogens with zero attached hydrogens (tertiary/aromatic N) is 1. The molecule has 0 aliphatic rings. The fourth-order valence-corrected chi connectivity index (χ4v) is 1.80. The zero-order valence-corrected chi connectivity index (χ0v) is 11.3. The van der Waals surface area contributed by atoms with Gasteiger partial charge < -0.3 is 10.4 Å². The highest BCUT2D eigenvalue weighted by molar-refractivity contribution is 9.10. The Hall–Kier alpha value is -0.820. The summed E-state index contributed by atoms with van der Waals surface area (Å²) >= 11 is 2.97. The number of pyridine rings is 1. The van der Waals surface area contributed by atoms with Crippen molar-refractivity contribution in [3.05, 3.63) is 22.3 Å². The molecule has 102 valence electrons. The standard InChI is InChI=1S/C11H14BrF3N2O/c1-7(3-2-4-18)17-10-9(11(13,14)15)5-8(12)6-16-10/h5-7,18H,2-4H2,1H3,(H,16,17). The van der Waals surface area contributed by atoms with Crippen LogP contribution in [0.25, 0.3) is 0 Å². The number of hydrogen-bond donors (Lipinski definition) is 2. The van der Waals surface area contributed by atoms with Crippen molar-refractivity contribution in [3.63, 3.8) is 0 Å². The summed E-state index contributed by atoms with van der Waals surface area (Å²) in [7, 11) is 0. The van der Waals surface area contributed by atoms with Crippen LogP contribution in [0, 0.1) is 0 Å². The van der Waals surface area contributed by atoms with Crippen molar-refractivity contribution in [1.29, 1.82) is 0 Å². The molecule has 1 aromatic heterocycles. The smallest absolute Gasteiger partial charge is 0.396 e. The van der Waals surface area contributed by atoms with E-state index in [2.05, 4.69) is 26.2 Å². The van der Waals surface area contributed by atoms with E-state index in [0.717, 1.165) is 6.07 Å². The van der Waals surface area contributed by atoms with Gasteiger partial charge in [-0.15, -0.1) is 0 Å². The summed E-state index contributed by atoms with van der Waals surface area (Å²) in [4.78, 5) is 3.75. The average Bonchev–Trinajstić information content (AvgIpc) is 2.27. The molecule has 7 heteroatoms. The van der Waals surface area contributed by atoms with Crippen molar-refractivity contribution in [3.8, 4) is 0 Å². The number of nitrogens with one attached hydrogen (secondary N) is 1. The Balaban J connectivity index is 2.88. The number of aliphatic hydroxyl groups excluding tert-OH is 1. The Morgan fingerprint density at radius 3 is 2.72 bits per heavy atom. The molecule has 0 aliphatic heterocycles. The van der Waals surface area contributed by atoms with Gasteiger partial charge in [-0.1, -0.05) is 0 Å². The van der Waals surface area contributed by atoms with Gasteiger partial charge in [0.1, 0.15) is 5.82 Å². The SMILES string of the molecule is CC(CCCO)Nc1ncc(Br)cc1C(F)(F)F. The molecule has 0 fully saturated rings. The second-order valence-corrected chi connectivity index (χ2v) is 4.87. The van der Waals surface area contributed by atoms with Crippen LogP contribution in [0.15, 0.2) is 16.7 Å². The Morgan fingerprint density at radius 2 is 2.17 bits per heavy atom. The number of halogens is 4. The fraction of sp³-hybridized carbons (Fsp3) is 0.545. The minimum Gasteiger partial charge on any atom is -0.396 e. The number of rotatable bonds is 5. The zero-order valence-electron chi connectivity index (χ0n) is 9.76. The van der Waals surface area contributed by atoms with Gasteiger partial charge in [0.25, 0.3) is 0 Å². The molecule has 0 spiro atoms. The maximum Gasteiger partial charge on any atom is 0.419 e. The molecule has 0 bridgehead atoms. The first kappa shape index (κ1) is 15.2. The van der Waals surface area contributed by atoms with Gasteiger partial charge in [-0.05, 0) is 41.8 Å². The molecule has 1 rings (SSSR count). The predicted molar refractivity (Wildman–Crippen MR) is 66.3 cm³/mol. The molecule has 0 saturated carbocycles. The van der Waals surface area contributed by atoms with E-state index in [1.54, 1.807) is 6.92 Å². The Morgan fingerprint density at radius 1 is 1.50 bits per heavy atom. The van der Waals surface area contributed by atoms with E-state index >= 15 is 0 Å². The second kappa shape index (κ2) is 6.38. The highest BCUT2D eigenvalue weighted by atomic mass is 79.9. The molecule has 0 aliphatic carbocycles. The van der Waals surface area contributed by atoms with Gasteiger partial charge >= 0.3 is 6.18 Å². The highest BCUT2D eigenvalue weighted by Crippen LogP contribution is 2.35. The zero-order chi connectivity index (χ0) is 13.8. The van der Waals surface area contributed by atoms with Crippen molar-refractivity contribution >= 4 is 21.7 Å². The van der Waals surface area contributed by atoms with Crippen LogP contribution >= 0.6 is 15.9 Å². The molecular formula is C11H14BrF3N2O. The first-order valence-corrected chi connectivity index (χ1v) is 6.24. The molecule has 0 saturated heterocycles. The van der Waals surface area contributed by atoms with Crippen LogP contribution < -0.4 is 5.32 Å². The molecule has 18 heavy (non-hydrogen) atoms. The minimum atomic E-state index is -4.45. The van der Waals surface area contributed by atoms with Crippen molar-refractivity contribution in [2.24, 2.45) is 0 Å². The van der Waals surface area contributed by atoms with Crippen LogP contribution in [0.2, 0.25) is 0 Å². The maximum absolute atomic E-state index is 12.8. The van der Waals surface area contributed by atoms with Gasteiger partial charge in [0.2, 0.25) is 0 Å². The maximum atomic E-state index is 12.8. The fourth-order valence-electron chi connectivity index (χ4n) is 1.47. The second-order valence-electron chi connectivity index (χ2n) is 3.96. The van der Waals surface area contributed by atoms with Crippen molar-refractivity contribution in [2.45, 2.75) is 32.0 Å². The molecule has 0 amide bonds. The summed E-state index contributed by atoms with van der Waals surface area (Å²) < 4.78 is 38.7. The van der Waals surface area contributed by atoms with Gasteiger partial charge in [-0.25, -0.2) is 4.98 Å². The van der Waals surface area contributed by atoms with Gasteiger partial charge in [0, 0.05) is 23.3 Å². The first-order chi connectivity index (χ1) is 8.34. The van der Waals surface area contributed by atoms with Crippen molar-refractivity contribution in [2.75, 3.05) is 11.9 Å². The summed E-state index contributed by atoms with van der Waals surface area (Å²) in [6, 6.07) is 0.806. The third-order valence-electron chi connectivity index (χ3n) is 2.34. The predicted octanol–water partition coefficient (Wildman–Crippen LogP) is 3.44. The molecular weight excluding hydrogens is 313 g/mol. The normalized spacial score (nSPS) is 13.4. The molecule has 3 nitrogen and oxygen atoms in total. The van der Waals surface area contributed by atoms with Crippen molar-refractivity contribution in [1.82, 2.24) is 4.98 Å². The Kier molecular flexibility index (Phi) is 5.40. The van der Waals surface area contributed by atoms with Gasteiger partial charge in [0.15, 0.2) is 0 Å².